The molecule has 0 aliphatic heterocycles. The number of carboxylic acid groups (broad SMARTS) is 1. The molecule has 0 unspecified atom stereocenters. The van der Waals surface area contributed by atoms with Crippen molar-refractivity contribution in [2.24, 2.45) is 0 Å². The Hall–Kier alpha value is -1.56. The summed E-state index contributed by atoms with van der Waals surface area (Å²) >= 11 is 1.76. The van der Waals surface area contributed by atoms with Crippen LogP contribution in [0.3, 0.4) is 0 Å². The summed E-state index contributed by atoms with van der Waals surface area (Å²) in [5.74, 6) is -0.521. The third kappa shape index (κ3) is 4.37. The average molecular weight is 268 g/mol. The van der Waals surface area contributed by atoms with E-state index >= 15 is 0 Å². The number of carbonyl (C=O) groups is 2. The molecule has 0 spiro atoms. The maximum atomic E-state index is 11.8. The molecule has 5 nitrogen and oxygen atoms in total. The van der Waals surface area contributed by atoms with Crippen molar-refractivity contribution < 1.29 is 14.7 Å². The second-order valence-electron chi connectivity index (χ2n) is 3.66. The van der Waals surface area contributed by atoms with Gasteiger partial charge < -0.3 is 10.4 Å². The fraction of sp³-hybridized carbons (Fsp3) is 0.417. The van der Waals surface area contributed by atoms with E-state index in [-0.39, 0.29) is 11.3 Å². The summed E-state index contributed by atoms with van der Waals surface area (Å²) in [6.07, 6.45) is 5.35. The van der Waals surface area contributed by atoms with Crippen molar-refractivity contribution in [3.05, 3.63) is 29.6 Å². The van der Waals surface area contributed by atoms with Crippen LogP contribution in [0.15, 0.2) is 18.3 Å². The van der Waals surface area contributed by atoms with Gasteiger partial charge in [-0.25, -0.2) is 4.79 Å². The van der Waals surface area contributed by atoms with Crippen molar-refractivity contribution in [1.82, 2.24) is 10.3 Å². The van der Waals surface area contributed by atoms with Gasteiger partial charge in [0, 0.05) is 12.7 Å². The Morgan fingerprint density at radius 2 is 2.22 bits per heavy atom. The normalized spacial score (nSPS) is 10.1. The van der Waals surface area contributed by atoms with E-state index in [4.69, 9.17) is 5.11 Å². The second kappa shape index (κ2) is 7.71. The SMILES string of the molecule is CSCCCCNC(=O)c1ncccc1C(=O)O. The maximum Gasteiger partial charge on any atom is 0.338 e. The van der Waals surface area contributed by atoms with Gasteiger partial charge in [0.15, 0.2) is 0 Å². The Balaban J connectivity index is 2.54. The molecular weight excluding hydrogens is 252 g/mol. The van der Waals surface area contributed by atoms with Crippen molar-refractivity contribution in [3.63, 3.8) is 0 Å². The molecule has 1 aromatic rings. The van der Waals surface area contributed by atoms with Crippen LogP contribution in [0, 0.1) is 0 Å². The average Bonchev–Trinajstić information content (AvgIpc) is 2.38. The minimum Gasteiger partial charge on any atom is -0.478 e. The van der Waals surface area contributed by atoms with Crippen LogP contribution >= 0.6 is 11.8 Å². The van der Waals surface area contributed by atoms with Crippen LogP contribution in [-0.2, 0) is 0 Å². The highest BCUT2D eigenvalue weighted by molar-refractivity contribution is 7.98. The molecule has 0 saturated carbocycles. The molecule has 0 atom stereocenters. The summed E-state index contributed by atoms with van der Waals surface area (Å²) in [5.41, 5.74) is -0.103. The lowest BCUT2D eigenvalue weighted by molar-refractivity contribution is 0.0690. The number of aromatic nitrogens is 1. The monoisotopic (exact) mass is 268 g/mol. The van der Waals surface area contributed by atoms with E-state index in [9.17, 15) is 9.59 Å². The highest BCUT2D eigenvalue weighted by Gasteiger charge is 2.16. The van der Waals surface area contributed by atoms with Gasteiger partial charge >= 0.3 is 5.97 Å². The van der Waals surface area contributed by atoms with Crippen molar-refractivity contribution >= 4 is 23.6 Å². The van der Waals surface area contributed by atoms with Gasteiger partial charge in [-0.3, -0.25) is 9.78 Å². The lowest BCUT2D eigenvalue weighted by Crippen LogP contribution is -2.27. The number of aromatic carboxylic acids is 1. The van der Waals surface area contributed by atoms with Crippen LogP contribution in [0.1, 0.15) is 33.7 Å². The van der Waals surface area contributed by atoms with Gasteiger partial charge in [-0.15, -0.1) is 0 Å². The quantitative estimate of drug-likeness (QED) is 0.735. The predicted molar refractivity (Wildman–Crippen MR) is 71.1 cm³/mol. The number of pyridine rings is 1. The number of thioether (sulfide) groups is 1. The summed E-state index contributed by atoms with van der Waals surface area (Å²) in [6.45, 7) is 0.537. The standard InChI is InChI=1S/C12H16N2O3S/c1-18-8-3-2-6-14-11(15)10-9(12(16)17)5-4-7-13-10/h4-5,7H,2-3,6,8H2,1H3,(H,14,15)(H,16,17). The fourth-order valence-corrected chi connectivity index (χ4v) is 1.91. The molecule has 1 heterocycles. The number of nitrogens with one attached hydrogen (secondary N) is 1. The highest BCUT2D eigenvalue weighted by atomic mass is 32.2. The number of hydrogen-bond acceptors (Lipinski definition) is 4. The molecular formula is C12H16N2O3S. The number of hydrogen-bond donors (Lipinski definition) is 2. The summed E-state index contributed by atoms with van der Waals surface area (Å²) in [6, 6.07) is 2.87. The van der Waals surface area contributed by atoms with Crippen LogP contribution < -0.4 is 5.32 Å². The smallest absolute Gasteiger partial charge is 0.338 e. The zero-order valence-electron chi connectivity index (χ0n) is 10.2. The van der Waals surface area contributed by atoms with Crippen molar-refractivity contribution in [1.29, 1.82) is 0 Å². The number of carboxylic acids is 1. The molecule has 18 heavy (non-hydrogen) atoms. The van der Waals surface area contributed by atoms with Crippen LogP contribution in [0.25, 0.3) is 0 Å². The van der Waals surface area contributed by atoms with E-state index in [0.717, 1.165) is 18.6 Å². The predicted octanol–water partition coefficient (Wildman–Crippen LogP) is 1.65. The van der Waals surface area contributed by atoms with Gasteiger partial charge in [0.25, 0.3) is 5.91 Å². The zero-order chi connectivity index (χ0) is 13.4. The first-order valence-corrected chi connectivity index (χ1v) is 7.01. The third-order valence-electron chi connectivity index (χ3n) is 2.31. The summed E-state index contributed by atoms with van der Waals surface area (Å²) in [4.78, 5) is 26.5. The van der Waals surface area contributed by atoms with E-state index in [1.54, 1.807) is 11.8 Å². The Bertz CT molecular complexity index is 424. The van der Waals surface area contributed by atoms with Gasteiger partial charge in [0.05, 0.1) is 5.56 Å². The molecule has 98 valence electrons. The highest BCUT2D eigenvalue weighted by Crippen LogP contribution is 2.05. The summed E-state index contributed by atoms with van der Waals surface area (Å²) in [7, 11) is 0. The fourth-order valence-electron chi connectivity index (χ4n) is 1.42. The van der Waals surface area contributed by atoms with Crippen LogP contribution in [-0.4, -0.2) is 40.5 Å². The van der Waals surface area contributed by atoms with Gasteiger partial charge in [-0.2, -0.15) is 11.8 Å². The summed E-state index contributed by atoms with van der Waals surface area (Å²) in [5, 5.41) is 11.6. The van der Waals surface area contributed by atoms with E-state index < -0.39 is 11.9 Å². The number of nitrogens with zero attached hydrogens (tertiary/aromatic N) is 1. The molecule has 1 amide bonds. The van der Waals surface area contributed by atoms with E-state index in [1.807, 2.05) is 6.26 Å². The largest absolute Gasteiger partial charge is 0.478 e. The minimum atomic E-state index is -1.14. The Labute approximate surface area is 110 Å². The topological polar surface area (TPSA) is 79.3 Å². The molecule has 0 aromatic carbocycles. The maximum absolute atomic E-state index is 11.8. The van der Waals surface area contributed by atoms with E-state index in [0.29, 0.717) is 6.54 Å². The Morgan fingerprint density at radius 1 is 1.44 bits per heavy atom. The molecule has 0 fully saturated rings. The van der Waals surface area contributed by atoms with Gasteiger partial charge in [0.2, 0.25) is 0 Å². The summed E-state index contributed by atoms with van der Waals surface area (Å²) < 4.78 is 0. The molecule has 0 radical (unpaired) electrons. The minimum absolute atomic E-state index is 0.0325. The molecule has 1 aromatic heterocycles. The first-order valence-electron chi connectivity index (χ1n) is 5.62. The molecule has 0 aliphatic rings. The van der Waals surface area contributed by atoms with E-state index in [1.165, 1.54) is 18.3 Å². The van der Waals surface area contributed by atoms with Crippen LogP contribution in [0.4, 0.5) is 0 Å². The Morgan fingerprint density at radius 3 is 2.89 bits per heavy atom. The number of rotatable bonds is 7. The van der Waals surface area contributed by atoms with E-state index in [2.05, 4.69) is 10.3 Å². The molecule has 6 heteroatoms. The molecule has 2 N–H and O–H groups in total. The van der Waals surface area contributed by atoms with Crippen LogP contribution in [0.2, 0.25) is 0 Å². The zero-order valence-corrected chi connectivity index (χ0v) is 11.0. The van der Waals surface area contributed by atoms with Gasteiger partial charge in [-0.05, 0) is 37.0 Å². The number of unbranched alkanes of at least 4 members (excludes halogenated alkanes) is 1. The first-order chi connectivity index (χ1) is 8.66. The molecule has 0 saturated heterocycles. The lowest BCUT2D eigenvalue weighted by Gasteiger charge is -2.06. The molecule has 0 bridgehead atoms. The van der Waals surface area contributed by atoms with Crippen molar-refractivity contribution in [3.8, 4) is 0 Å². The number of carbonyl (C=O) groups excluding carboxylic acids is 1. The van der Waals surface area contributed by atoms with Crippen molar-refractivity contribution in [2.45, 2.75) is 12.8 Å². The van der Waals surface area contributed by atoms with Gasteiger partial charge in [0.1, 0.15) is 5.69 Å². The third-order valence-corrected chi connectivity index (χ3v) is 3.01. The van der Waals surface area contributed by atoms with Gasteiger partial charge in [-0.1, -0.05) is 0 Å². The van der Waals surface area contributed by atoms with Crippen LogP contribution in [0.5, 0.6) is 0 Å². The molecule has 1 rings (SSSR count). The Kier molecular flexibility index (Phi) is 6.21. The lowest BCUT2D eigenvalue weighted by atomic mass is 10.2. The van der Waals surface area contributed by atoms with Crippen molar-refractivity contribution in [2.75, 3.05) is 18.6 Å². The number of amides is 1. The molecule has 0 aliphatic carbocycles. The first kappa shape index (κ1) is 14.5. The second-order valence-corrected chi connectivity index (χ2v) is 4.65.